The van der Waals surface area contributed by atoms with Crippen LogP contribution in [-0.4, -0.2) is 45.8 Å². The van der Waals surface area contributed by atoms with Crippen LogP contribution in [0.5, 0.6) is 0 Å². The monoisotopic (exact) mass is 278 g/mol. The van der Waals surface area contributed by atoms with E-state index in [-0.39, 0.29) is 5.69 Å². The van der Waals surface area contributed by atoms with Crippen molar-refractivity contribution in [1.82, 2.24) is 25.5 Å². The molecule has 1 aliphatic heterocycles. The SMILES string of the molecule is CC1CNCCN1c1cc2[nH]c(=O)[nH]c(=S)c2nn1. The molecule has 0 radical (unpaired) electrons. The van der Waals surface area contributed by atoms with Gasteiger partial charge in [-0.1, -0.05) is 12.2 Å². The molecular formula is C11H14N6OS. The number of hydrogen-bond donors (Lipinski definition) is 3. The Bertz CT molecular complexity index is 723. The normalized spacial score (nSPS) is 19.8. The van der Waals surface area contributed by atoms with Gasteiger partial charge in [-0.05, 0) is 6.92 Å². The van der Waals surface area contributed by atoms with Gasteiger partial charge in [-0.2, -0.15) is 0 Å². The van der Waals surface area contributed by atoms with Crippen LogP contribution in [0, 0.1) is 4.64 Å². The predicted octanol–water partition coefficient (Wildman–Crippen LogP) is 0.174. The third-order valence-electron chi connectivity index (χ3n) is 3.27. The van der Waals surface area contributed by atoms with E-state index in [1.54, 1.807) is 0 Å². The smallest absolute Gasteiger partial charge is 0.324 e. The number of rotatable bonds is 1. The lowest BCUT2D eigenvalue weighted by Crippen LogP contribution is -2.50. The summed E-state index contributed by atoms with van der Waals surface area (Å²) in [6.45, 7) is 4.81. The molecule has 1 atom stereocenters. The summed E-state index contributed by atoms with van der Waals surface area (Å²) in [6.07, 6.45) is 0. The lowest BCUT2D eigenvalue weighted by molar-refractivity contribution is 0.496. The zero-order valence-corrected chi connectivity index (χ0v) is 11.3. The standard InChI is InChI=1S/C11H14N6OS/c1-6-5-12-2-3-17(6)8-4-7-9(16-15-8)10(19)14-11(18)13-7/h4,6,12H,2-3,5H2,1H3,(H2,13,14,18,19). The van der Waals surface area contributed by atoms with Crippen LogP contribution in [0.15, 0.2) is 10.9 Å². The minimum atomic E-state index is -0.329. The lowest BCUT2D eigenvalue weighted by atomic mass is 10.2. The molecule has 3 heterocycles. The number of anilines is 1. The fraction of sp³-hybridized carbons (Fsp3) is 0.455. The van der Waals surface area contributed by atoms with Crippen molar-refractivity contribution in [1.29, 1.82) is 0 Å². The number of hydrogen-bond acceptors (Lipinski definition) is 6. The van der Waals surface area contributed by atoms with Gasteiger partial charge in [-0.15, -0.1) is 10.2 Å². The topological polar surface area (TPSA) is 89.7 Å². The van der Waals surface area contributed by atoms with Crippen molar-refractivity contribution in [3.05, 3.63) is 21.2 Å². The molecule has 7 nitrogen and oxygen atoms in total. The average molecular weight is 278 g/mol. The van der Waals surface area contributed by atoms with Gasteiger partial charge < -0.3 is 15.2 Å². The highest BCUT2D eigenvalue weighted by atomic mass is 32.1. The van der Waals surface area contributed by atoms with Crippen LogP contribution in [0.4, 0.5) is 5.82 Å². The van der Waals surface area contributed by atoms with E-state index in [1.165, 1.54) is 0 Å². The molecular weight excluding hydrogens is 264 g/mol. The van der Waals surface area contributed by atoms with Gasteiger partial charge in [0.05, 0.1) is 5.52 Å². The first-order valence-corrected chi connectivity index (χ1v) is 6.53. The van der Waals surface area contributed by atoms with Crippen molar-refractivity contribution in [3.8, 4) is 0 Å². The molecule has 100 valence electrons. The van der Waals surface area contributed by atoms with E-state index in [9.17, 15) is 4.79 Å². The maximum atomic E-state index is 11.4. The highest BCUT2D eigenvalue weighted by molar-refractivity contribution is 7.71. The Balaban J connectivity index is 2.11. The number of aromatic amines is 2. The van der Waals surface area contributed by atoms with E-state index in [0.717, 1.165) is 25.5 Å². The van der Waals surface area contributed by atoms with Crippen molar-refractivity contribution in [3.63, 3.8) is 0 Å². The summed E-state index contributed by atoms with van der Waals surface area (Å²) in [5, 5.41) is 11.6. The molecule has 1 aliphatic rings. The first-order chi connectivity index (χ1) is 9.15. The van der Waals surface area contributed by atoms with Gasteiger partial charge in [0.15, 0.2) is 5.82 Å². The number of piperazine rings is 1. The van der Waals surface area contributed by atoms with Gasteiger partial charge in [-0.25, -0.2) is 4.79 Å². The van der Waals surface area contributed by atoms with E-state index in [0.29, 0.717) is 21.7 Å². The minimum Gasteiger partial charge on any atom is -0.350 e. The molecule has 1 fully saturated rings. The van der Waals surface area contributed by atoms with Crippen LogP contribution in [0.2, 0.25) is 0 Å². The van der Waals surface area contributed by atoms with E-state index < -0.39 is 0 Å². The Hall–Kier alpha value is -1.80. The summed E-state index contributed by atoms with van der Waals surface area (Å²) in [5.41, 5.74) is 0.801. The maximum absolute atomic E-state index is 11.4. The van der Waals surface area contributed by atoms with Crippen molar-refractivity contribution in [2.75, 3.05) is 24.5 Å². The van der Waals surface area contributed by atoms with Crippen LogP contribution in [-0.2, 0) is 0 Å². The van der Waals surface area contributed by atoms with Crippen LogP contribution >= 0.6 is 12.2 Å². The quantitative estimate of drug-likeness (QED) is 0.645. The second kappa shape index (κ2) is 4.71. The molecule has 0 amide bonds. The first kappa shape index (κ1) is 12.2. The van der Waals surface area contributed by atoms with Crippen molar-refractivity contribution < 1.29 is 0 Å². The molecule has 0 saturated carbocycles. The largest absolute Gasteiger partial charge is 0.350 e. The van der Waals surface area contributed by atoms with E-state index >= 15 is 0 Å². The molecule has 3 rings (SSSR count). The molecule has 1 unspecified atom stereocenters. The van der Waals surface area contributed by atoms with Gasteiger partial charge in [-0.3, -0.25) is 4.98 Å². The molecule has 0 aromatic carbocycles. The van der Waals surface area contributed by atoms with Crippen molar-refractivity contribution in [2.24, 2.45) is 0 Å². The third kappa shape index (κ3) is 2.24. The Kier molecular flexibility index (Phi) is 3.03. The fourth-order valence-electron chi connectivity index (χ4n) is 2.28. The predicted molar refractivity (Wildman–Crippen MR) is 75.0 cm³/mol. The highest BCUT2D eigenvalue weighted by Crippen LogP contribution is 2.18. The molecule has 1 saturated heterocycles. The van der Waals surface area contributed by atoms with Crippen molar-refractivity contribution in [2.45, 2.75) is 13.0 Å². The summed E-state index contributed by atoms with van der Waals surface area (Å²) in [5.74, 6) is 0.762. The van der Waals surface area contributed by atoms with Gasteiger partial charge in [0.2, 0.25) is 0 Å². The molecule has 0 bridgehead atoms. The number of fused-ring (bicyclic) bond motifs is 1. The Morgan fingerprint density at radius 2 is 2.26 bits per heavy atom. The number of aromatic nitrogens is 4. The van der Waals surface area contributed by atoms with Gasteiger partial charge in [0, 0.05) is 31.7 Å². The summed E-state index contributed by atoms with van der Waals surface area (Å²) < 4.78 is 0.311. The highest BCUT2D eigenvalue weighted by Gasteiger charge is 2.20. The second-order valence-corrected chi connectivity index (χ2v) is 5.03. The van der Waals surface area contributed by atoms with Crippen LogP contribution in [0.3, 0.4) is 0 Å². The summed E-state index contributed by atoms with van der Waals surface area (Å²) >= 11 is 5.06. The summed E-state index contributed by atoms with van der Waals surface area (Å²) in [7, 11) is 0. The minimum absolute atomic E-state index is 0.311. The molecule has 2 aromatic rings. The average Bonchev–Trinajstić information content (AvgIpc) is 2.38. The zero-order chi connectivity index (χ0) is 13.4. The Morgan fingerprint density at radius 1 is 1.42 bits per heavy atom. The number of H-pyrrole nitrogens is 2. The van der Waals surface area contributed by atoms with Crippen LogP contribution in [0.1, 0.15) is 6.92 Å². The summed E-state index contributed by atoms with van der Waals surface area (Å²) in [4.78, 5) is 18.8. The van der Waals surface area contributed by atoms with Gasteiger partial charge >= 0.3 is 5.69 Å². The van der Waals surface area contributed by atoms with Crippen molar-refractivity contribution >= 4 is 29.1 Å². The third-order valence-corrected chi connectivity index (χ3v) is 3.56. The van der Waals surface area contributed by atoms with Crippen LogP contribution < -0.4 is 15.9 Å². The van der Waals surface area contributed by atoms with Gasteiger partial charge in [0.1, 0.15) is 10.2 Å². The second-order valence-electron chi connectivity index (χ2n) is 4.62. The first-order valence-electron chi connectivity index (χ1n) is 6.12. The number of nitrogens with one attached hydrogen (secondary N) is 3. The number of nitrogens with zero attached hydrogens (tertiary/aromatic N) is 3. The molecule has 0 spiro atoms. The van der Waals surface area contributed by atoms with E-state index in [2.05, 4.69) is 37.3 Å². The zero-order valence-electron chi connectivity index (χ0n) is 10.4. The molecule has 8 heteroatoms. The molecule has 19 heavy (non-hydrogen) atoms. The molecule has 0 aliphatic carbocycles. The van der Waals surface area contributed by atoms with E-state index in [1.807, 2.05) is 6.07 Å². The Labute approximate surface area is 114 Å². The van der Waals surface area contributed by atoms with E-state index in [4.69, 9.17) is 12.2 Å². The Morgan fingerprint density at radius 3 is 3.05 bits per heavy atom. The molecule has 2 aromatic heterocycles. The lowest BCUT2D eigenvalue weighted by Gasteiger charge is -2.34. The van der Waals surface area contributed by atoms with Crippen LogP contribution in [0.25, 0.3) is 11.0 Å². The van der Waals surface area contributed by atoms with Gasteiger partial charge in [0.25, 0.3) is 0 Å². The summed E-state index contributed by atoms with van der Waals surface area (Å²) in [6, 6.07) is 2.17. The molecule has 3 N–H and O–H groups in total. The fourth-order valence-corrected chi connectivity index (χ4v) is 2.53. The maximum Gasteiger partial charge on any atom is 0.324 e.